The van der Waals surface area contributed by atoms with E-state index in [1.165, 1.54) is 12.1 Å². The predicted molar refractivity (Wildman–Crippen MR) is 96.2 cm³/mol. The molecule has 10 nitrogen and oxygen atoms in total. The Morgan fingerprint density at radius 3 is 2.56 bits per heavy atom. The lowest BCUT2D eigenvalue weighted by Gasteiger charge is -2.08. The lowest BCUT2D eigenvalue weighted by molar-refractivity contribution is -0.149. The highest BCUT2D eigenvalue weighted by Crippen LogP contribution is 2.02. The van der Waals surface area contributed by atoms with Gasteiger partial charge < -0.3 is 10.1 Å². The first-order chi connectivity index (χ1) is 12.9. The first kappa shape index (κ1) is 19.9. The van der Waals surface area contributed by atoms with Gasteiger partial charge in [0.05, 0.1) is 10.8 Å². The van der Waals surface area contributed by atoms with Gasteiger partial charge in [0.15, 0.2) is 6.61 Å². The lowest BCUT2D eigenvalue weighted by Crippen LogP contribution is -2.42. The number of urea groups is 1. The first-order valence-electron chi connectivity index (χ1n) is 8.37. The zero-order chi connectivity index (χ0) is 19.8. The summed E-state index contributed by atoms with van der Waals surface area (Å²) in [7, 11) is 0. The van der Waals surface area contributed by atoms with Crippen LogP contribution in [0.1, 0.15) is 19.8 Å². The molecule has 1 aromatic carbocycles. The Kier molecular flexibility index (Phi) is 6.86. The Morgan fingerprint density at radius 1 is 1.15 bits per heavy atom. The van der Waals surface area contributed by atoms with Crippen molar-refractivity contribution in [2.24, 2.45) is 0 Å². The third kappa shape index (κ3) is 5.53. The average molecular weight is 376 g/mol. The van der Waals surface area contributed by atoms with E-state index in [1.807, 2.05) is 12.2 Å². The van der Waals surface area contributed by atoms with E-state index in [-0.39, 0.29) is 10.8 Å². The van der Waals surface area contributed by atoms with Gasteiger partial charge in [0.2, 0.25) is 0 Å². The van der Waals surface area contributed by atoms with Crippen LogP contribution in [0.4, 0.5) is 4.79 Å². The van der Waals surface area contributed by atoms with E-state index in [0.717, 1.165) is 17.5 Å². The molecule has 0 atom stereocenters. The minimum atomic E-state index is -0.912. The monoisotopic (exact) mass is 376 g/mol. The standard InChI is InChI=1S/C17H20N4O6/c1-2-3-8-18-17(26)19-13(22)10-27-14(23)9-21-16(25)12-7-5-4-6-11(12)15(24)20-21/h4-7H,2-3,8-10H2,1H3,(H,20,24)(H2,18,19,22,26). The second-order valence-electron chi connectivity index (χ2n) is 5.70. The van der Waals surface area contributed by atoms with Crippen LogP contribution in [0.3, 0.4) is 0 Å². The summed E-state index contributed by atoms with van der Waals surface area (Å²) < 4.78 is 5.54. The summed E-state index contributed by atoms with van der Waals surface area (Å²) in [6, 6.07) is 5.50. The van der Waals surface area contributed by atoms with Crippen molar-refractivity contribution in [2.45, 2.75) is 26.3 Å². The van der Waals surface area contributed by atoms with Crippen molar-refractivity contribution >= 4 is 28.7 Å². The van der Waals surface area contributed by atoms with Crippen molar-refractivity contribution in [1.29, 1.82) is 0 Å². The Bertz CT molecular complexity index is 962. The maximum Gasteiger partial charge on any atom is 0.328 e. The third-order valence-corrected chi connectivity index (χ3v) is 3.60. The molecule has 10 heteroatoms. The maximum absolute atomic E-state index is 12.3. The molecule has 0 saturated heterocycles. The molecule has 144 valence electrons. The first-order valence-corrected chi connectivity index (χ1v) is 8.37. The van der Waals surface area contributed by atoms with Crippen molar-refractivity contribution in [3.8, 4) is 0 Å². The predicted octanol–water partition coefficient (Wildman–Crippen LogP) is -0.141. The number of hydrogen-bond donors (Lipinski definition) is 3. The number of H-pyrrole nitrogens is 1. The number of benzene rings is 1. The van der Waals surface area contributed by atoms with Crippen molar-refractivity contribution in [1.82, 2.24) is 20.4 Å². The van der Waals surface area contributed by atoms with Gasteiger partial charge in [-0.3, -0.25) is 29.6 Å². The lowest BCUT2D eigenvalue weighted by atomic mass is 10.2. The van der Waals surface area contributed by atoms with Crippen molar-refractivity contribution in [3.05, 3.63) is 45.0 Å². The highest BCUT2D eigenvalue weighted by atomic mass is 16.5. The fourth-order valence-electron chi connectivity index (χ4n) is 2.26. The molecule has 0 saturated carbocycles. The highest BCUT2D eigenvalue weighted by molar-refractivity contribution is 5.95. The number of nitrogens with zero attached hydrogens (tertiary/aromatic N) is 1. The molecular formula is C17H20N4O6. The van der Waals surface area contributed by atoms with E-state index < -0.39 is 42.2 Å². The number of amides is 3. The molecule has 2 rings (SSSR count). The van der Waals surface area contributed by atoms with Crippen molar-refractivity contribution < 1.29 is 19.1 Å². The molecule has 1 heterocycles. The quantitative estimate of drug-likeness (QED) is 0.454. The van der Waals surface area contributed by atoms with Crippen LogP contribution in [0.15, 0.2) is 33.9 Å². The summed E-state index contributed by atoms with van der Waals surface area (Å²) in [5.41, 5.74) is -1.10. The number of aromatic nitrogens is 2. The zero-order valence-electron chi connectivity index (χ0n) is 14.7. The van der Waals surface area contributed by atoms with Crippen molar-refractivity contribution in [2.75, 3.05) is 13.2 Å². The molecule has 27 heavy (non-hydrogen) atoms. The Balaban J connectivity index is 1.91. The van der Waals surface area contributed by atoms with Crippen LogP contribution in [-0.2, 0) is 20.9 Å². The highest BCUT2D eigenvalue weighted by Gasteiger charge is 2.13. The minimum Gasteiger partial charge on any atom is -0.454 e. The molecule has 0 unspecified atom stereocenters. The number of unbranched alkanes of at least 4 members (excludes halogenated alkanes) is 1. The van der Waals surface area contributed by atoms with Gasteiger partial charge in [0, 0.05) is 6.54 Å². The normalized spacial score (nSPS) is 10.4. The second-order valence-corrected chi connectivity index (χ2v) is 5.70. The fraction of sp³-hybridized carbons (Fsp3) is 0.353. The van der Waals surface area contributed by atoms with Crippen LogP contribution in [-0.4, -0.2) is 40.8 Å². The number of hydrogen-bond acceptors (Lipinski definition) is 6. The number of esters is 1. The topological polar surface area (TPSA) is 139 Å². The summed E-state index contributed by atoms with van der Waals surface area (Å²) in [6.45, 7) is 1.12. The summed E-state index contributed by atoms with van der Waals surface area (Å²) in [6.07, 6.45) is 1.66. The summed E-state index contributed by atoms with van der Waals surface area (Å²) in [5.74, 6) is -1.72. The van der Waals surface area contributed by atoms with Gasteiger partial charge in [0.25, 0.3) is 17.0 Å². The van der Waals surface area contributed by atoms with Gasteiger partial charge in [0.1, 0.15) is 6.54 Å². The molecule has 0 spiro atoms. The summed E-state index contributed by atoms with van der Waals surface area (Å²) >= 11 is 0. The summed E-state index contributed by atoms with van der Waals surface area (Å²) in [4.78, 5) is 59.0. The van der Waals surface area contributed by atoms with Crippen LogP contribution in [0.5, 0.6) is 0 Å². The van der Waals surface area contributed by atoms with E-state index in [1.54, 1.807) is 12.1 Å². The number of ether oxygens (including phenoxy) is 1. The number of carbonyl (C=O) groups is 3. The van der Waals surface area contributed by atoms with Crippen LogP contribution < -0.4 is 21.8 Å². The number of rotatable bonds is 7. The van der Waals surface area contributed by atoms with Gasteiger partial charge in [-0.05, 0) is 18.6 Å². The molecule has 0 aliphatic carbocycles. The number of nitrogens with one attached hydrogen (secondary N) is 3. The molecular weight excluding hydrogens is 356 g/mol. The van der Waals surface area contributed by atoms with E-state index >= 15 is 0 Å². The van der Waals surface area contributed by atoms with Gasteiger partial charge in [-0.15, -0.1) is 0 Å². The van der Waals surface area contributed by atoms with Gasteiger partial charge >= 0.3 is 12.0 Å². The number of imide groups is 1. The molecule has 3 amide bonds. The smallest absolute Gasteiger partial charge is 0.328 e. The minimum absolute atomic E-state index is 0.163. The Labute approximate surface area is 153 Å². The molecule has 0 aliphatic heterocycles. The fourth-order valence-corrected chi connectivity index (χ4v) is 2.26. The van der Waals surface area contributed by atoms with E-state index in [4.69, 9.17) is 4.74 Å². The molecule has 0 bridgehead atoms. The number of aromatic amines is 1. The molecule has 0 aliphatic rings. The molecule has 3 N–H and O–H groups in total. The summed E-state index contributed by atoms with van der Waals surface area (Å²) in [5, 5.41) is 7.14. The molecule has 1 aromatic heterocycles. The van der Waals surface area contributed by atoms with Crippen LogP contribution in [0, 0.1) is 0 Å². The number of carbonyl (C=O) groups excluding carboxylic acids is 3. The zero-order valence-corrected chi connectivity index (χ0v) is 14.7. The van der Waals surface area contributed by atoms with Gasteiger partial charge in [-0.1, -0.05) is 25.5 Å². The molecule has 0 radical (unpaired) electrons. The van der Waals surface area contributed by atoms with Gasteiger partial charge in [-0.2, -0.15) is 0 Å². The maximum atomic E-state index is 12.3. The van der Waals surface area contributed by atoms with Crippen LogP contribution in [0.2, 0.25) is 0 Å². The van der Waals surface area contributed by atoms with E-state index in [2.05, 4.69) is 10.4 Å². The van der Waals surface area contributed by atoms with Crippen LogP contribution in [0.25, 0.3) is 10.8 Å². The van der Waals surface area contributed by atoms with E-state index in [9.17, 15) is 24.0 Å². The SMILES string of the molecule is CCCCNC(=O)NC(=O)COC(=O)Cn1[nH]c(=O)c2ccccc2c1=O. The Morgan fingerprint density at radius 2 is 1.85 bits per heavy atom. The van der Waals surface area contributed by atoms with Gasteiger partial charge in [-0.25, -0.2) is 9.48 Å². The molecule has 0 fully saturated rings. The third-order valence-electron chi connectivity index (χ3n) is 3.60. The van der Waals surface area contributed by atoms with E-state index in [0.29, 0.717) is 6.54 Å². The number of fused-ring (bicyclic) bond motifs is 1. The van der Waals surface area contributed by atoms with Crippen LogP contribution >= 0.6 is 0 Å². The Hall–Kier alpha value is -3.43. The largest absolute Gasteiger partial charge is 0.454 e. The average Bonchev–Trinajstić information content (AvgIpc) is 2.64. The molecule has 2 aromatic rings. The van der Waals surface area contributed by atoms with Crippen molar-refractivity contribution in [3.63, 3.8) is 0 Å². The second kappa shape index (κ2) is 9.32.